The summed E-state index contributed by atoms with van der Waals surface area (Å²) in [5.74, 6) is 0.316. The summed E-state index contributed by atoms with van der Waals surface area (Å²) in [6, 6.07) is 0. The first kappa shape index (κ1) is 12.7. The van der Waals surface area contributed by atoms with Gasteiger partial charge in [0, 0.05) is 25.1 Å². The Labute approximate surface area is 92.8 Å². The lowest BCUT2D eigenvalue weighted by atomic mass is 9.90. The number of rotatable bonds is 2. The van der Waals surface area contributed by atoms with E-state index < -0.39 is 0 Å². The molecular weight excluding hydrogens is 190 g/mol. The van der Waals surface area contributed by atoms with Gasteiger partial charge >= 0.3 is 0 Å². The van der Waals surface area contributed by atoms with Crippen LogP contribution in [0.1, 0.15) is 34.1 Å². The van der Waals surface area contributed by atoms with Crippen molar-refractivity contribution in [3.05, 3.63) is 0 Å². The molecule has 1 aliphatic rings. The van der Waals surface area contributed by atoms with Gasteiger partial charge in [0.2, 0.25) is 0 Å². The summed E-state index contributed by atoms with van der Waals surface area (Å²) in [6.45, 7) is 11.2. The lowest BCUT2D eigenvalue weighted by Gasteiger charge is -2.25. The normalized spacial score (nSPS) is 24.9. The van der Waals surface area contributed by atoms with E-state index in [1.165, 1.54) is 0 Å². The first-order valence-corrected chi connectivity index (χ1v) is 5.77. The standard InChI is InChI=1S/C12H23NO2/c1-10-8-13(6-5-7-15-10)9-11(14)12(2,3)4/h10H,5-9H2,1-4H3. The average Bonchev–Trinajstić information content (AvgIpc) is 2.28. The number of hydrogen-bond donors (Lipinski definition) is 0. The fraction of sp³-hybridized carbons (Fsp3) is 0.917. The number of ketones is 1. The van der Waals surface area contributed by atoms with Crippen LogP contribution in [0.5, 0.6) is 0 Å². The second-order valence-corrected chi connectivity index (χ2v) is 5.44. The summed E-state index contributed by atoms with van der Waals surface area (Å²) < 4.78 is 5.55. The minimum Gasteiger partial charge on any atom is -0.377 e. The Bertz CT molecular complexity index is 220. The third-order valence-corrected chi connectivity index (χ3v) is 2.74. The third-order valence-electron chi connectivity index (χ3n) is 2.74. The highest BCUT2D eigenvalue weighted by atomic mass is 16.5. The van der Waals surface area contributed by atoms with Gasteiger partial charge in [0.25, 0.3) is 0 Å². The molecule has 0 aromatic carbocycles. The van der Waals surface area contributed by atoms with Crippen LogP contribution in [0, 0.1) is 5.41 Å². The highest BCUT2D eigenvalue weighted by molar-refractivity contribution is 5.85. The van der Waals surface area contributed by atoms with E-state index in [0.29, 0.717) is 12.3 Å². The van der Waals surface area contributed by atoms with E-state index in [2.05, 4.69) is 11.8 Å². The smallest absolute Gasteiger partial charge is 0.152 e. The Morgan fingerprint density at radius 1 is 1.47 bits per heavy atom. The van der Waals surface area contributed by atoms with Crippen molar-refractivity contribution in [2.45, 2.75) is 40.2 Å². The highest BCUT2D eigenvalue weighted by Gasteiger charge is 2.25. The molecule has 0 bridgehead atoms. The molecule has 0 radical (unpaired) electrons. The highest BCUT2D eigenvalue weighted by Crippen LogP contribution is 2.16. The molecule has 1 saturated heterocycles. The van der Waals surface area contributed by atoms with Gasteiger partial charge in [0.05, 0.1) is 12.6 Å². The van der Waals surface area contributed by atoms with Gasteiger partial charge in [0.15, 0.2) is 5.78 Å². The van der Waals surface area contributed by atoms with Gasteiger partial charge in [-0.1, -0.05) is 20.8 Å². The zero-order valence-electron chi connectivity index (χ0n) is 10.4. The van der Waals surface area contributed by atoms with Gasteiger partial charge < -0.3 is 4.74 Å². The van der Waals surface area contributed by atoms with Crippen molar-refractivity contribution in [3.63, 3.8) is 0 Å². The summed E-state index contributed by atoms with van der Waals surface area (Å²) >= 11 is 0. The molecule has 1 aliphatic heterocycles. The predicted octanol–water partition coefficient (Wildman–Crippen LogP) is 1.71. The molecule has 3 nitrogen and oxygen atoms in total. The third kappa shape index (κ3) is 4.31. The van der Waals surface area contributed by atoms with E-state index >= 15 is 0 Å². The Morgan fingerprint density at radius 2 is 2.13 bits per heavy atom. The molecule has 1 unspecified atom stereocenters. The van der Waals surface area contributed by atoms with Crippen LogP contribution in [0.4, 0.5) is 0 Å². The van der Waals surface area contributed by atoms with E-state index in [9.17, 15) is 4.79 Å². The summed E-state index contributed by atoms with van der Waals surface area (Å²) in [7, 11) is 0. The summed E-state index contributed by atoms with van der Waals surface area (Å²) in [5.41, 5.74) is -0.226. The van der Waals surface area contributed by atoms with E-state index in [0.717, 1.165) is 26.1 Å². The van der Waals surface area contributed by atoms with Crippen LogP contribution < -0.4 is 0 Å². The molecule has 1 heterocycles. The second-order valence-electron chi connectivity index (χ2n) is 5.44. The molecule has 0 amide bonds. The largest absolute Gasteiger partial charge is 0.377 e. The van der Waals surface area contributed by atoms with Crippen LogP contribution >= 0.6 is 0 Å². The van der Waals surface area contributed by atoms with E-state index in [1.807, 2.05) is 20.8 Å². The summed E-state index contributed by atoms with van der Waals surface area (Å²) in [4.78, 5) is 14.1. The van der Waals surface area contributed by atoms with Crippen molar-refractivity contribution in [2.24, 2.45) is 5.41 Å². The Hall–Kier alpha value is -0.410. The quantitative estimate of drug-likeness (QED) is 0.699. The number of hydrogen-bond acceptors (Lipinski definition) is 3. The zero-order chi connectivity index (χ0) is 11.5. The molecule has 0 spiro atoms. The first-order valence-electron chi connectivity index (χ1n) is 5.77. The topological polar surface area (TPSA) is 29.5 Å². The Kier molecular flexibility index (Phi) is 4.29. The SMILES string of the molecule is CC1CN(CC(=O)C(C)(C)C)CCCO1. The molecule has 1 fully saturated rings. The number of ether oxygens (including phenoxy) is 1. The van der Waals surface area contributed by atoms with Gasteiger partial charge in [-0.3, -0.25) is 9.69 Å². The van der Waals surface area contributed by atoms with Crippen molar-refractivity contribution in [1.82, 2.24) is 4.90 Å². The number of nitrogens with zero attached hydrogens (tertiary/aromatic N) is 1. The van der Waals surface area contributed by atoms with Gasteiger partial charge in [-0.15, -0.1) is 0 Å². The van der Waals surface area contributed by atoms with Crippen molar-refractivity contribution in [2.75, 3.05) is 26.2 Å². The summed E-state index contributed by atoms with van der Waals surface area (Å²) in [5, 5.41) is 0. The number of carbonyl (C=O) groups excluding carboxylic acids is 1. The van der Waals surface area contributed by atoms with Crippen LogP contribution in [0.2, 0.25) is 0 Å². The van der Waals surface area contributed by atoms with Crippen LogP contribution in [0.25, 0.3) is 0 Å². The van der Waals surface area contributed by atoms with Crippen molar-refractivity contribution in [1.29, 1.82) is 0 Å². The first-order chi connectivity index (χ1) is 6.89. The van der Waals surface area contributed by atoms with E-state index in [-0.39, 0.29) is 11.5 Å². The van der Waals surface area contributed by atoms with Crippen LogP contribution in [0.15, 0.2) is 0 Å². The van der Waals surface area contributed by atoms with E-state index in [1.54, 1.807) is 0 Å². The molecular formula is C12H23NO2. The van der Waals surface area contributed by atoms with Crippen LogP contribution in [-0.4, -0.2) is 43.0 Å². The molecule has 0 aliphatic carbocycles. The maximum atomic E-state index is 11.9. The maximum absolute atomic E-state index is 11.9. The van der Waals surface area contributed by atoms with Gasteiger partial charge in [0.1, 0.15) is 0 Å². The zero-order valence-corrected chi connectivity index (χ0v) is 10.4. The van der Waals surface area contributed by atoms with Crippen LogP contribution in [-0.2, 0) is 9.53 Å². The Morgan fingerprint density at radius 3 is 2.73 bits per heavy atom. The molecule has 1 rings (SSSR count). The van der Waals surface area contributed by atoms with E-state index in [4.69, 9.17) is 4.74 Å². The molecule has 15 heavy (non-hydrogen) atoms. The molecule has 0 saturated carbocycles. The molecule has 3 heteroatoms. The minimum atomic E-state index is -0.226. The average molecular weight is 213 g/mol. The minimum absolute atomic E-state index is 0.226. The fourth-order valence-corrected chi connectivity index (χ4v) is 1.66. The predicted molar refractivity (Wildman–Crippen MR) is 60.9 cm³/mol. The molecule has 1 atom stereocenters. The lowest BCUT2D eigenvalue weighted by Crippen LogP contribution is -2.38. The Balaban J connectivity index is 2.46. The van der Waals surface area contributed by atoms with Crippen LogP contribution in [0.3, 0.4) is 0 Å². The molecule has 88 valence electrons. The lowest BCUT2D eigenvalue weighted by molar-refractivity contribution is -0.127. The monoisotopic (exact) mass is 213 g/mol. The van der Waals surface area contributed by atoms with Crippen molar-refractivity contribution < 1.29 is 9.53 Å². The molecule has 0 aromatic rings. The molecule has 0 N–H and O–H groups in total. The number of Topliss-reactive ketones (excluding diaryl/α,β-unsaturated/α-hetero) is 1. The molecule has 0 aromatic heterocycles. The van der Waals surface area contributed by atoms with Gasteiger partial charge in [-0.25, -0.2) is 0 Å². The second kappa shape index (κ2) is 5.08. The van der Waals surface area contributed by atoms with Crippen molar-refractivity contribution >= 4 is 5.78 Å². The summed E-state index contributed by atoms with van der Waals surface area (Å²) in [6.07, 6.45) is 1.28. The van der Waals surface area contributed by atoms with Gasteiger partial charge in [-0.2, -0.15) is 0 Å². The fourth-order valence-electron chi connectivity index (χ4n) is 1.66. The maximum Gasteiger partial charge on any atom is 0.152 e. The van der Waals surface area contributed by atoms with Gasteiger partial charge in [-0.05, 0) is 13.3 Å². The van der Waals surface area contributed by atoms with Crippen molar-refractivity contribution in [3.8, 4) is 0 Å². The number of carbonyl (C=O) groups is 1.